The quantitative estimate of drug-likeness (QED) is 0.919. The number of aromatic nitrogens is 3. The molecule has 4 heteroatoms. The fourth-order valence-electron chi connectivity index (χ4n) is 4.19. The van der Waals surface area contributed by atoms with Gasteiger partial charge in [0.05, 0.1) is 0 Å². The molecule has 0 amide bonds. The van der Waals surface area contributed by atoms with Crippen molar-refractivity contribution < 1.29 is 0 Å². The zero-order chi connectivity index (χ0) is 14.0. The fraction of sp³-hybridized carbons (Fsp3) is 0.875. The van der Waals surface area contributed by atoms with E-state index in [9.17, 15) is 0 Å². The second-order valence-electron chi connectivity index (χ2n) is 6.71. The zero-order valence-electron chi connectivity index (χ0n) is 13.0. The van der Waals surface area contributed by atoms with Crippen LogP contribution in [0.5, 0.6) is 0 Å². The molecule has 0 bridgehead atoms. The first-order valence-corrected chi connectivity index (χ1v) is 8.37. The maximum atomic E-state index is 5.02. The van der Waals surface area contributed by atoms with E-state index in [-0.39, 0.29) is 5.41 Å². The van der Waals surface area contributed by atoms with Crippen molar-refractivity contribution in [1.29, 1.82) is 0 Å². The molecule has 1 unspecified atom stereocenters. The van der Waals surface area contributed by atoms with Crippen molar-refractivity contribution in [3.63, 3.8) is 0 Å². The summed E-state index contributed by atoms with van der Waals surface area (Å²) >= 11 is 0. The molecule has 0 aromatic carbocycles. The number of piperidine rings is 1. The Morgan fingerprint density at radius 3 is 2.75 bits per heavy atom. The number of nitrogens with zero attached hydrogens (tertiary/aromatic N) is 3. The van der Waals surface area contributed by atoms with E-state index in [0.29, 0.717) is 5.92 Å². The highest BCUT2D eigenvalue weighted by atomic mass is 15.3. The maximum absolute atomic E-state index is 5.02. The molecule has 0 radical (unpaired) electrons. The third kappa shape index (κ3) is 2.50. The standard InChI is InChI=1S/C16H28N4/c1-3-9-16(10-6-11-17-12-16)15-18-14(19-20(15)2)13-7-4-5-8-13/h13,17H,3-12H2,1-2H3. The van der Waals surface area contributed by atoms with Crippen LogP contribution in [0.2, 0.25) is 0 Å². The van der Waals surface area contributed by atoms with Gasteiger partial charge in [-0.05, 0) is 38.6 Å². The van der Waals surface area contributed by atoms with Crippen molar-refractivity contribution in [1.82, 2.24) is 20.1 Å². The van der Waals surface area contributed by atoms with E-state index in [1.165, 1.54) is 57.2 Å². The van der Waals surface area contributed by atoms with Crippen LogP contribution in [0, 0.1) is 0 Å². The monoisotopic (exact) mass is 276 g/mol. The molecule has 20 heavy (non-hydrogen) atoms. The average molecular weight is 276 g/mol. The lowest BCUT2D eigenvalue weighted by Gasteiger charge is -2.36. The van der Waals surface area contributed by atoms with Crippen molar-refractivity contribution in [3.05, 3.63) is 11.6 Å². The Morgan fingerprint density at radius 1 is 1.30 bits per heavy atom. The normalized spacial score (nSPS) is 28.1. The first-order valence-electron chi connectivity index (χ1n) is 8.37. The molecule has 1 saturated carbocycles. The number of nitrogens with one attached hydrogen (secondary N) is 1. The molecule has 1 aromatic rings. The summed E-state index contributed by atoms with van der Waals surface area (Å²) < 4.78 is 2.08. The fourth-order valence-corrected chi connectivity index (χ4v) is 4.19. The van der Waals surface area contributed by atoms with E-state index in [1.807, 2.05) is 0 Å². The minimum atomic E-state index is 0.214. The molecule has 1 aliphatic carbocycles. The van der Waals surface area contributed by atoms with Gasteiger partial charge < -0.3 is 5.32 Å². The van der Waals surface area contributed by atoms with Crippen LogP contribution in [0.25, 0.3) is 0 Å². The number of aryl methyl sites for hydroxylation is 1. The summed E-state index contributed by atoms with van der Waals surface area (Å²) in [6, 6.07) is 0. The Morgan fingerprint density at radius 2 is 2.10 bits per heavy atom. The molecule has 1 aromatic heterocycles. The topological polar surface area (TPSA) is 42.7 Å². The number of hydrogen-bond acceptors (Lipinski definition) is 3. The molecule has 1 atom stereocenters. The Bertz CT molecular complexity index is 434. The largest absolute Gasteiger partial charge is 0.316 e. The molecule has 0 spiro atoms. The van der Waals surface area contributed by atoms with Gasteiger partial charge in [-0.15, -0.1) is 0 Å². The van der Waals surface area contributed by atoms with Gasteiger partial charge in [0.25, 0.3) is 0 Å². The summed E-state index contributed by atoms with van der Waals surface area (Å²) in [5.41, 5.74) is 0.214. The molecule has 1 saturated heterocycles. The van der Waals surface area contributed by atoms with Crippen LogP contribution in [0.1, 0.15) is 75.9 Å². The highest BCUT2D eigenvalue weighted by Crippen LogP contribution is 2.37. The summed E-state index contributed by atoms with van der Waals surface area (Å²) in [7, 11) is 2.09. The summed E-state index contributed by atoms with van der Waals surface area (Å²) in [6.07, 6.45) is 10.2. The Kier molecular flexibility index (Phi) is 4.11. The van der Waals surface area contributed by atoms with Crippen LogP contribution in [-0.2, 0) is 12.5 Å². The van der Waals surface area contributed by atoms with Gasteiger partial charge in [-0.1, -0.05) is 26.2 Å². The van der Waals surface area contributed by atoms with E-state index < -0.39 is 0 Å². The molecule has 1 N–H and O–H groups in total. The predicted octanol–water partition coefficient (Wildman–Crippen LogP) is 2.89. The van der Waals surface area contributed by atoms with Gasteiger partial charge in [-0.2, -0.15) is 5.10 Å². The van der Waals surface area contributed by atoms with Gasteiger partial charge in [-0.3, -0.25) is 4.68 Å². The van der Waals surface area contributed by atoms with E-state index in [4.69, 9.17) is 10.1 Å². The average Bonchev–Trinajstić information content (AvgIpc) is 3.09. The minimum absolute atomic E-state index is 0.214. The maximum Gasteiger partial charge on any atom is 0.154 e. The van der Waals surface area contributed by atoms with Crippen molar-refractivity contribution in [2.75, 3.05) is 13.1 Å². The molecule has 2 aliphatic rings. The van der Waals surface area contributed by atoms with Crippen molar-refractivity contribution in [3.8, 4) is 0 Å². The third-order valence-corrected chi connectivity index (χ3v) is 5.17. The lowest BCUT2D eigenvalue weighted by atomic mass is 9.76. The van der Waals surface area contributed by atoms with Crippen molar-refractivity contribution in [2.24, 2.45) is 7.05 Å². The summed E-state index contributed by atoms with van der Waals surface area (Å²) in [5, 5.41) is 8.36. The van der Waals surface area contributed by atoms with Crippen LogP contribution in [0.4, 0.5) is 0 Å². The summed E-state index contributed by atoms with van der Waals surface area (Å²) in [6.45, 7) is 4.50. The lowest BCUT2D eigenvalue weighted by Crippen LogP contribution is -2.45. The molecule has 112 valence electrons. The van der Waals surface area contributed by atoms with E-state index in [1.54, 1.807) is 0 Å². The summed E-state index contributed by atoms with van der Waals surface area (Å²) in [4.78, 5) is 5.02. The highest BCUT2D eigenvalue weighted by Gasteiger charge is 2.38. The van der Waals surface area contributed by atoms with Gasteiger partial charge in [-0.25, -0.2) is 4.98 Å². The van der Waals surface area contributed by atoms with Crippen molar-refractivity contribution >= 4 is 0 Å². The highest BCUT2D eigenvalue weighted by molar-refractivity contribution is 5.14. The van der Waals surface area contributed by atoms with Crippen LogP contribution in [0.3, 0.4) is 0 Å². The smallest absolute Gasteiger partial charge is 0.154 e. The number of rotatable bonds is 4. The number of hydrogen-bond donors (Lipinski definition) is 1. The molecule has 2 heterocycles. The molecular formula is C16H28N4. The third-order valence-electron chi connectivity index (χ3n) is 5.17. The first kappa shape index (κ1) is 14.1. The van der Waals surface area contributed by atoms with Crippen LogP contribution < -0.4 is 5.32 Å². The Labute approximate surface area is 122 Å². The molecular weight excluding hydrogens is 248 g/mol. The van der Waals surface area contributed by atoms with Gasteiger partial charge in [0.2, 0.25) is 0 Å². The SMILES string of the molecule is CCCC1(c2nc(C3CCCC3)nn2C)CCCNC1. The van der Waals surface area contributed by atoms with Gasteiger partial charge in [0, 0.05) is 24.9 Å². The van der Waals surface area contributed by atoms with Gasteiger partial charge >= 0.3 is 0 Å². The second-order valence-corrected chi connectivity index (χ2v) is 6.71. The van der Waals surface area contributed by atoms with Gasteiger partial charge in [0.15, 0.2) is 5.82 Å². The molecule has 1 aliphatic heterocycles. The van der Waals surface area contributed by atoms with Crippen LogP contribution in [0.15, 0.2) is 0 Å². The minimum Gasteiger partial charge on any atom is -0.316 e. The molecule has 4 nitrogen and oxygen atoms in total. The predicted molar refractivity (Wildman–Crippen MR) is 80.9 cm³/mol. The van der Waals surface area contributed by atoms with E-state index in [2.05, 4.69) is 24.0 Å². The van der Waals surface area contributed by atoms with Crippen LogP contribution in [-0.4, -0.2) is 27.9 Å². The van der Waals surface area contributed by atoms with Gasteiger partial charge in [0.1, 0.15) is 5.82 Å². The lowest BCUT2D eigenvalue weighted by molar-refractivity contribution is 0.267. The second kappa shape index (κ2) is 5.84. The van der Waals surface area contributed by atoms with Crippen LogP contribution >= 0.6 is 0 Å². The zero-order valence-corrected chi connectivity index (χ0v) is 13.0. The van der Waals surface area contributed by atoms with Crippen molar-refractivity contribution in [2.45, 2.75) is 69.6 Å². The van der Waals surface area contributed by atoms with E-state index >= 15 is 0 Å². The molecule has 2 fully saturated rings. The Hall–Kier alpha value is -0.900. The van der Waals surface area contributed by atoms with E-state index in [0.717, 1.165) is 18.9 Å². The summed E-state index contributed by atoms with van der Waals surface area (Å²) in [5.74, 6) is 2.96. The Balaban J connectivity index is 1.90. The molecule has 3 rings (SSSR count). The first-order chi connectivity index (χ1) is 9.75.